The largest absolute Gasteiger partial charge is 0.497 e. The number of nitrogens with one attached hydrogen (secondary N) is 1. The molecule has 0 radical (unpaired) electrons. The second kappa shape index (κ2) is 7.76. The Morgan fingerprint density at radius 2 is 2.10 bits per heavy atom. The number of aliphatic hydroxyl groups is 1. The van der Waals surface area contributed by atoms with Crippen LogP contribution in [0, 0.1) is 22.7 Å². The number of hydrogen-bond donors (Lipinski definition) is 2. The molecule has 1 heterocycles. The summed E-state index contributed by atoms with van der Waals surface area (Å²) in [5.74, 6) is 0.843. The second-order valence-electron chi connectivity index (χ2n) is 9.43. The van der Waals surface area contributed by atoms with Crippen molar-refractivity contribution in [2.75, 3.05) is 19.0 Å². The highest BCUT2D eigenvalue weighted by Gasteiger charge is 2.62. The van der Waals surface area contributed by atoms with Crippen molar-refractivity contribution in [1.29, 1.82) is 0 Å². The monoisotopic (exact) mass is 417 g/mol. The minimum Gasteiger partial charge on any atom is -0.497 e. The summed E-state index contributed by atoms with van der Waals surface area (Å²) in [6.07, 6.45) is 2.62. The van der Waals surface area contributed by atoms with Gasteiger partial charge in [0.15, 0.2) is 0 Å². The van der Waals surface area contributed by atoms with E-state index in [1.54, 1.807) is 31.4 Å². The molecule has 2 aliphatic carbocycles. The molecule has 1 aromatic carbocycles. The van der Waals surface area contributed by atoms with E-state index in [-0.39, 0.29) is 35.9 Å². The first-order chi connectivity index (χ1) is 14.3. The van der Waals surface area contributed by atoms with Crippen molar-refractivity contribution in [1.82, 2.24) is 0 Å². The van der Waals surface area contributed by atoms with Crippen molar-refractivity contribution in [2.45, 2.75) is 58.2 Å². The second-order valence-corrected chi connectivity index (χ2v) is 9.43. The van der Waals surface area contributed by atoms with Gasteiger partial charge in [-0.05, 0) is 49.1 Å². The van der Waals surface area contributed by atoms with Crippen LogP contribution in [-0.4, -0.2) is 43.1 Å². The third kappa shape index (κ3) is 3.43. The van der Waals surface area contributed by atoms with Gasteiger partial charge in [0, 0.05) is 23.1 Å². The third-order valence-corrected chi connectivity index (χ3v) is 7.88. The maximum atomic E-state index is 12.6. The van der Waals surface area contributed by atoms with Gasteiger partial charge in [-0.3, -0.25) is 10.1 Å². The zero-order valence-corrected chi connectivity index (χ0v) is 17.8. The van der Waals surface area contributed by atoms with Gasteiger partial charge < -0.3 is 19.3 Å². The van der Waals surface area contributed by atoms with E-state index in [0.717, 1.165) is 19.3 Å². The Labute approximate surface area is 177 Å². The van der Waals surface area contributed by atoms with Crippen molar-refractivity contribution < 1.29 is 28.9 Å². The van der Waals surface area contributed by atoms with E-state index in [0.29, 0.717) is 24.3 Å². The first kappa shape index (κ1) is 21.0. The van der Waals surface area contributed by atoms with Crippen LogP contribution in [0.1, 0.15) is 46.0 Å². The highest BCUT2D eigenvalue weighted by atomic mass is 16.6. The van der Waals surface area contributed by atoms with Gasteiger partial charge in [-0.25, -0.2) is 4.79 Å². The van der Waals surface area contributed by atoms with Gasteiger partial charge in [0.1, 0.15) is 18.0 Å². The molecule has 1 aliphatic heterocycles. The Kier molecular flexibility index (Phi) is 5.43. The fourth-order valence-corrected chi connectivity index (χ4v) is 6.27. The number of fused-ring (bicyclic) bond motifs is 3. The Hall–Kier alpha value is -2.28. The molecule has 2 saturated carbocycles. The standard InChI is InChI=1S/C23H31NO6/c1-22-10-9-19(30-21(27)24-14-5-4-6-15(11-14)28-3)23(2,13-25)18(22)8-7-17-16(22)12-20(26)29-17/h4-6,11,16-19,25H,7-10,12-13H2,1-3H3,(H,24,27). The summed E-state index contributed by atoms with van der Waals surface area (Å²) >= 11 is 0. The van der Waals surface area contributed by atoms with Gasteiger partial charge in [0.05, 0.1) is 20.1 Å². The van der Waals surface area contributed by atoms with Crippen LogP contribution in [0.5, 0.6) is 5.75 Å². The highest BCUT2D eigenvalue weighted by molar-refractivity contribution is 5.85. The van der Waals surface area contributed by atoms with Crippen LogP contribution >= 0.6 is 0 Å². The molecule has 6 atom stereocenters. The SMILES string of the molecule is COc1cccc(NC(=O)OC2CCC3(C)C4CC(=O)OC4CCC3C2(C)CO)c1. The zero-order chi connectivity index (χ0) is 21.5. The predicted octanol–water partition coefficient (Wildman–Crippen LogP) is 3.75. The maximum absolute atomic E-state index is 12.6. The van der Waals surface area contributed by atoms with Crippen LogP contribution in [0.4, 0.5) is 10.5 Å². The van der Waals surface area contributed by atoms with Gasteiger partial charge in [-0.2, -0.15) is 0 Å². The number of carbonyl (C=O) groups is 2. The maximum Gasteiger partial charge on any atom is 0.411 e. The normalized spacial score (nSPS) is 37.5. The van der Waals surface area contributed by atoms with Crippen LogP contribution in [0.15, 0.2) is 24.3 Å². The Morgan fingerprint density at radius 1 is 1.30 bits per heavy atom. The fourth-order valence-electron chi connectivity index (χ4n) is 6.27. The molecular weight excluding hydrogens is 386 g/mol. The van der Waals surface area contributed by atoms with E-state index in [9.17, 15) is 14.7 Å². The third-order valence-electron chi connectivity index (χ3n) is 7.88. The molecule has 7 nitrogen and oxygen atoms in total. The molecule has 1 saturated heterocycles. The molecule has 0 bridgehead atoms. The average molecular weight is 418 g/mol. The topological polar surface area (TPSA) is 94.1 Å². The Balaban J connectivity index is 1.50. The lowest BCUT2D eigenvalue weighted by molar-refractivity contribution is -0.174. The molecule has 164 valence electrons. The van der Waals surface area contributed by atoms with E-state index in [1.165, 1.54) is 0 Å². The summed E-state index contributed by atoms with van der Waals surface area (Å²) in [6.45, 7) is 4.16. The zero-order valence-electron chi connectivity index (χ0n) is 17.8. The molecule has 1 amide bonds. The number of carbonyl (C=O) groups excluding carboxylic acids is 2. The van der Waals surface area contributed by atoms with E-state index < -0.39 is 17.6 Å². The van der Waals surface area contributed by atoms with Gasteiger partial charge in [0.2, 0.25) is 0 Å². The van der Waals surface area contributed by atoms with E-state index in [4.69, 9.17) is 14.2 Å². The first-order valence-electron chi connectivity index (χ1n) is 10.7. The number of methoxy groups -OCH3 is 1. The summed E-state index contributed by atoms with van der Waals surface area (Å²) < 4.78 is 16.6. The summed E-state index contributed by atoms with van der Waals surface area (Å²) in [4.78, 5) is 24.6. The molecular formula is C23H31NO6. The van der Waals surface area contributed by atoms with Crippen LogP contribution in [0.2, 0.25) is 0 Å². The molecule has 1 aromatic rings. The smallest absolute Gasteiger partial charge is 0.411 e. The van der Waals surface area contributed by atoms with E-state index >= 15 is 0 Å². The molecule has 2 N–H and O–H groups in total. The number of esters is 1. The summed E-state index contributed by atoms with van der Waals surface area (Å²) in [5.41, 5.74) is -0.0989. The lowest BCUT2D eigenvalue weighted by Gasteiger charge is -2.59. The molecule has 0 spiro atoms. The molecule has 30 heavy (non-hydrogen) atoms. The van der Waals surface area contributed by atoms with Crippen molar-refractivity contribution in [3.63, 3.8) is 0 Å². The van der Waals surface area contributed by atoms with Crippen LogP contribution in [-0.2, 0) is 14.3 Å². The number of aliphatic hydroxyl groups excluding tert-OH is 1. The quantitative estimate of drug-likeness (QED) is 0.725. The lowest BCUT2D eigenvalue weighted by Crippen LogP contribution is -2.59. The average Bonchev–Trinajstić information content (AvgIpc) is 3.12. The summed E-state index contributed by atoms with van der Waals surface area (Å²) in [5, 5.41) is 13.2. The molecule has 7 heteroatoms. The number of rotatable bonds is 4. The minimum atomic E-state index is -0.574. The molecule has 6 unspecified atom stereocenters. The summed E-state index contributed by atoms with van der Waals surface area (Å²) in [7, 11) is 1.57. The van der Waals surface area contributed by atoms with E-state index in [1.807, 2.05) is 6.92 Å². The molecule has 3 fully saturated rings. The lowest BCUT2D eigenvalue weighted by atomic mass is 9.46. The molecule has 0 aromatic heterocycles. The Bertz CT molecular complexity index is 828. The number of hydrogen-bond acceptors (Lipinski definition) is 6. The number of ether oxygens (including phenoxy) is 3. The van der Waals surface area contributed by atoms with E-state index in [2.05, 4.69) is 12.2 Å². The molecule has 4 rings (SSSR count). The van der Waals surface area contributed by atoms with Gasteiger partial charge in [0.25, 0.3) is 0 Å². The summed E-state index contributed by atoms with van der Waals surface area (Å²) in [6, 6.07) is 7.09. The van der Waals surface area contributed by atoms with Crippen LogP contribution < -0.4 is 10.1 Å². The number of amides is 1. The first-order valence-corrected chi connectivity index (χ1v) is 10.7. The van der Waals surface area contributed by atoms with Crippen molar-refractivity contribution in [3.05, 3.63) is 24.3 Å². The number of anilines is 1. The van der Waals surface area contributed by atoms with Gasteiger partial charge in [-0.1, -0.05) is 19.9 Å². The number of benzene rings is 1. The minimum absolute atomic E-state index is 0.0180. The molecule has 3 aliphatic rings. The van der Waals surface area contributed by atoms with Crippen molar-refractivity contribution in [2.24, 2.45) is 22.7 Å². The van der Waals surface area contributed by atoms with Crippen molar-refractivity contribution in [3.8, 4) is 5.75 Å². The predicted molar refractivity (Wildman–Crippen MR) is 110 cm³/mol. The fraction of sp³-hybridized carbons (Fsp3) is 0.652. The van der Waals surface area contributed by atoms with Crippen molar-refractivity contribution >= 4 is 17.7 Å². The Morgan fingerprint density at radius 3 is 2.83 bits per heavy atom. The van der Waals surface area contributed by atoms with Crippen LogP contribution in [0.3, 0.4) is 0 Å². The van der Waals surface area contributed by atoms with Gasteiger partial charge >= 0.3 is 12.1 Å². The highest BCUT2D eigenvalue weighted by Crippen LogP contribution is 2.62. The van der Waals surface area contributed by atoms with Crippen LogP contribution in [0.25, 0.3) is 0 Å². The van der Waals surface area contributed by atoms with Gasteiger partial charge in [-0.15, -0.1) is 0 Å².